The highest BCUT2D eigenvalue weighted by Crippen LogP contribution is 2.40. The average molecular weight is 589 g/mol. The third-order valence-corrected chi connectivity index (χ3v) is 10.5. The second-order valence-corrected chi connectivity index (χ2v) is 14.4. The van der Waals surface area contributed by atoms with Crippen LogP contribution < -0.4 is 10.2 Å². The van der Waals surface area contributed by atoms with E-state index in [9.17, 15) is 18.0 Å². The number of aryl methyl sites for hydroxylation is 2. The lowest BCUT2D eigenvalue weighted by atomic mass is 9.86. The smallest absolute Gasteiger partial charge is 0.250 e. The molecule has 9 heteroatoms. The Kier molecular flexibility index (Phi) is 7.94. The number of hydrogen-bond donors (Lipinski definition) is 1. The molecule has 0 bridgehead atoms. The number of hydrogen-bond acceptors (Lipinski definition) is 5. The number of anilines is 2. The van der Waals surface area contributed by atoms with Crippen LogP contribution >= 0.6 is 0 Å². The van der Waals surface area contributed by atoms with Gasteiger partial charge in [0.05, 0.1) is 11.6 Å². The second-order valence-electron chi connectivity index (χ2n) is 12.5. The van der Waals surface area contributed by atoms with Crippen molar-refractivity contribution in [2.45, 2.75) is 63.3 Å². The van der Waals surface area contributed by atoms with Gasteiger partial charge in [-0.25, -0.2) is 8.42 Å². The minimum absolute atomic E-state index is 0.0780. The van der Waals surface area contributed by atoms with Gasteiger partial charge in [-0.15, -0.1) is 0 Å². The van der Waals surface area contributed by atoms with Gasteiger partial charge in [0.1, 0.15) is 12.1 Å². The fraction of sp³-hybridized carbons (Fsp3) is 0.394. The van der Waals surface area contributed by atoms with Crippen molar-refractivity contribution in [2.24, 2.45) is 0 Å². The Morgan fingerprint density at radius 2 is 1.55 bits per heavy atom. The number of para-hydroxylation sites is 1. The molecule has 2 aliphatic rings. The molecule has 2 fully saturated rings. The second kappa shape index (κ2) is 11.2. The quantitative estimate of drug-likeness (QED) is 0.434. The standard InChI is InChI=1S/C33H40N4O4S/c1-24-11-14-27(21-25(24)2)34-30(38)22-35-23-37(28-9-7-6-8-10-28)33(31(35)39)17-19-36(20-18-33)42(40,41)29-15-12-26(13-16-29)32(3,4)5/h6-16,21H,17-20,22-23H2,1-5H3,(H,34,38). The summed E-state index contributed by atoms with van der Waals surface area (Å²) in [4.78, 5) is 31.0. The summed E-state index contributed by atoms with van der Waals surface area (Å²) < 4.78 is 28.6. The van der Waals surface area contributed by atoms with E-state index in [1.807, 2.05) is 79.4 Å². The molecule has 0 radical (unpaired) electrons. The zero-order valence-electron chi connectivity index (χ0n) is 25.1. The molecular weight excluding hydrogens is 548 g/mol. The Morgan fingerprint density at radius 1 is 0.905 bits per heavy atom. The van der Waals surface area contributed by atoms with Crippen LogP contribution in [0.5, 0.6) is 0 Å². The topological polar surface area (TPSA) is 90.0 Å². The van der Waals surface area contributed by atoms with E-state index in [0.29, 0.717) is 18.5 Å². The van der Waals surface area contributed by atoms with Crippen molar-refractivity contribution in [3.05, 3.63) is 89.5 Å². The fourth-order valence-electron chi connectivity index (χ4n) is 5.89. The Hall–Kier alpha value is -3.69. The first-order valence-electron chi connectivity index (χ1n) is 14.4. The zero-order chi connectivity index (χ0) is 30.3. The lowest BCUT2D eigenvalue weighted by Crippen LogP contribution is -2.57. The Balaban J connectivity index is 1.34. The Morgan fingerprint density at radius 3 is 2.14 bits per heavy atom. The van der Waals surface area contributed by atoms with E-state index in [2.05, 4.69) is 26.1 Å². The molecule has 8 nitrogen and oxygen atoms in total. The van der Waals surface area contributed by atoms with Crippen LogP contribution in [0.3, 0.4) is 0 Å². The van der Waals surface area contributed by atoms with E-state index in [0.717, 1.165) is 22.4 Å². The van der Waals surface area contributed by atoms with Crippen LogP contribution in [0.15, 0.2) is 77.7 Å². The fourth-order valence-corrected chi connectivity index (χ4v) is 7.33. The summed E-state index contributed by atoms with van der Waals surface area (Å²) in [5.41, 5.74) is 3.84. The number of rotatable bonds is 6. The van der Waals surface area contributed by atoms with Crippen molar-refractivity contribution in [2.75, 3.05) is 36.5 Å². The SMILES string of the molecule is Cc1ccc(NC(=O)CN2CN(c3ccccc3)C3(CCN(S(=O)(=O)c4ccc(C(C)(C)C)cc4)CC3)C2=O)cc1C. The molecule has 1 N–H and O–H groups in total. The van der Waals surface area contributed by atoms with E-state index in [1.54, 1.807) is 17.0 Å². The number of benzene rings is 3. The number of carbonyl (C=O) groups is 2. The molecule has 2 aliphatic heterocycles. The van der Waals surface area contributed by atoms with Crippen molar-refractivity contribution in [3.63, 3.8) is 0 Å². The third kappa shape index (κ3) is 5.68. The minimum Gasteiger partial charge on any atom is -0.339 e. The number of nitrogens with zero attached hydrogens (tertiary/aromatic N) is 3. The van der Waals surface area contributed by atoms with Gasteiger partial charge in [-0.2, -0.15) is 4.31 Å². The molecule has 3 aromatic carbocycles. The Bertz CT molecular complexity index is 1570. The molecule has 0 saturated carbocycles. The van der Waals surface area contributed by atoms with Gasteiger partial charge in [-0.1, -0.05) is 57.2 Å². The number of carbonyl (C=O) groups excluding carboxylic acids is 2. The lowest BCUT2D eigenvalue weighted by Gasteiger charge is -2.42. The van der Waals surface area contributed by atoms with Crippen molar-refractivity contribution in [1.29, 1.82) is 0 Å². The van der Waals surface area contributed by atoms with Crippen molar-refractivity contribution < 1.29 is 18.0 Å². The minimum atomic E-state index is -3.72. The molecular formula is C33H40N4O4S. The summed E-state index contributed by atoms with van der Waals surface area (Å²) in [7, 11) is -3.72. The van der Waals surface area contributed by atoms with Gasteiger partial charge in [0.25, 0.3) is 0 Å². The molecule has 1 spiro atoms. The van der Waals surface area contributed by atoms with Crippen LogP contribution in [0.4, 0.5) is 11.4 Å². The predicted molar refractivity (Wildman–Crippen MR) is 166 cm³/mol. The Labute approximate surface area is 249 Å². The highest BCUT2D eigenvalue weighted by molar-refractivity contribution is 7.89. The summed E-state index contributed by atoms with van der Waals surface area (Å²) in [5.74, 6) is -0.413. The molecule has 0 unspecified atom stereocenters. The van der Waals surface area contributed by atoms with Crippen LogP contribution in [0.25, 0.3) is 0 Å². The highest BCUT2D eigenvalue weighted by Gasteiger charge is 2.55. The molecule has 222 valence electrons. The molecule has 0 aromatic heterocycles. The maximum atomic E-state index is 14.0. The first-order valence-corrected chi connectivity index (χ1v) is 15.9. The zero-order valence-corrected chi connectivity index (χ0v) is 25.9. The molecule has 0 aliphatic carbocycles. The van der Waals surface area contributed by atoms with Crippen LogP contribution in [0.2, 0.25) is 0 Å². The van der Waals surface area contributed by atoms with Crippen molar-refractivity contribution in [1.82, 2.24) is 9.21 Å². The maximum absolute atomic E-state index is 14.0. The number of nitrogens with one attached hydrogen (secondary N) is 1. The van der Waals surface area contributed by atoms with Gasteiger partial charge in [0, 0.05) is 24.5 Å². The third-order valence-electron chi connectivity index (χ3n) is 8.61. The van der Waals surface area contributed by atoms with Gasteiger partial charge in [0.15, 0.2) is 0 Å². The van der Waals surface area contributed by atoms with E-state index < -0.39 is 15.6 Å². The number of amides is 2. The van der Waals surface area contributed by atoms with Crippen LogP contribution in [0, 0.1) is 13.8 Å². The highest BCUT2D eigenvalue weighted by atomic mass is 32.2. The van der Waals surface area contributed by atoms with Crippen LogP contribution in [-0.4, -0.2) is 61.3 Å². The monoisotopic (exact) mass is 588 g/mol. The largest absolute Gasteiger partial charge is 0.339 e. The van der Waals surface area contributed by atoms with E-state index in [1.165, 1.54) is 4.31 Å². The summed E-state index contributed by atoms with van der Waals surface area (Å²) >= 11 is 0. The summed E-state index contributed by atoms with van der Waals surface area (Å²) in [6.07, 6.45) is 0.657. The summed E-state index contributed by atoms with van der Waals surface area (Å²) in [6.45, 7) is 10.9. The van der Waals surface area contributed by atoms with E-state index in [4.69, 9.17) is 0 Å². The summed E-state index contributed by atoms with van der Waals surface area (Å²) in [5, 5.41) is 2.92. The van der Waals surface area contributed by atoms with Crippen molar-refractivity contribution in [3.8, 4) is 0 Å². The molecule has 3 aromatic rings. The predicted octanol–water partition coefficient (Wildman–Crippen LogP) is 5.07. The van der Waals surface area contributed by atoms with Crippen LogP contribution in [0.1, 0.15) is 50.3 Å². The lowest BCUT2D eigenvalue weighted by molar-refractivity contribution is -0.136. The number of piperidine rings is 1. The average Bonchev–Trinajstić information content (AvgIpc) is 3.21. The molecule has 5 rings (SSSR count). The number of sulfonamides is 1. The molecule has 42 heavy (non-hydrogen) atoms. The van der Waals surface area contributed by atoms with Gasteiger partial charge in [-0.05, 0) is 85.2 Å². The van der Waals surface area contributed by atoms with Crippen LogP contribution in [-0.2, 0) is 25.0 Å². The van der Waals surface area contributed by atoms with Gasteiger partial charge in [0.2, 0.25) is 21.8 Å². The maximum Gasteiger partial charge on any atom is 0.250 e. The molecule has 2 heterocycles. The summed E-state index contributed by atoms with van der Waals surface area (Å²) in [6, 6.07) is 22.5. The van der Waals surface area contributed by atoms with E-state index in [-0.39, 0.29) is 48.4 Å². The van der Waals surface area contributed by atoms with Gasteiger partial charge in [-0.3, -0.25) is 9.59 Å². The van der Waals surface area contributed by atoms with Crippen molar-refractivity contribution >= 4 is 33.2 Å². The van der Waals surface area contributed by atoms with Gasteiger partial charge < -0.3 is 15.1 Å². The molecule has 0 atom stereocenters. The first kappa shape index (κ1) is 29.8. The molecule has 2 amide bonds. The first-order chi connectivity index (χ1) is 19.8. The molecule has 2 saturated heterocycles. The van der Waals surface area contributed by atoms with E-state index >= 15 is 0 Å². The normalized spacial score (nSPS) is 17.6. The van der Waals surface area contributed by atoms with Gasteiger partial charge >= 0.3 is 0 Å².